The molecule has 0 aromatic carbocycles. The van der Waals surface area contributed by atoms with Gasteiger partial charge in [0.1, 0.15) is 11.9 Å². The Hall–Kier alpha value is 0.160. The summed E-state index contributed by atoms with van der Waals surface area (Å²) in [5.74, 6) is 0.464. The lowest BCUT2D eigenvalue weighted by Crippen LogP contribution is -2.10. The van der Waals surface area contributed by atoms with E-state index in [0.717, 1.165) is 4.47 Å². The summed E-state index contributed by atoms with van der Waals surface area (Å²) in [6, 6.07) is 1.68. The summed E-state index contributed by atoms with van der Waals surface area (Å²) in [5.41, 5.74) is 5.22. The third kappa shape index (κ3) is 2.05. The first-order valence-corrected chi connectivity index (χ1v) is 4.56. The van der Waals surface area contributed by atoms with Crippen LogP contribution >= 0.6 is 31.9 Å². The first-order valence-electron chi connectivity index (χ1n) is 2.98. The zero-order valence-electron chi connectivity index (χ0n) is 5.55. The van der Waals surface area contributed by atoms with Gasteiger partial charge < -0.3 is 15.3 Å². The van der Waals surface area contributed by atoms with Gasteiger partial charge in [-0.05, 0) is 37.9 Å². The molecule has 1 rings (SSSR count). The van der Waals surface area contributed by atoms with Crippen molar-refractivity contribution in [1.82, 2.24) is 0 Å². The first-order chi connectivity index (χ1) is 5.15. The minimum absolute atomic E-state index is 0.159. The van der Waals surface area contributed by atoms with Crippen LogP contribution in [0.3, 0.4) is 0 Å². The van der Waals surface area contributed by atoms with Gasteiger partial charge in [-0.1, -0.05) is 0 Å². The third-order valence-electron chi connectivity index (χ3n) is 1.22. The molecule has 0 amide bonds. The molecule has 0 spiro atoms. The molecule has 1 atom stereocenters. The quantitative estimate of drug-likeness (QED) is 0.871. The normalized spacial score (nSPS) is 13.5. The lowest BCUT2D eigenvalue weighted by Gasteiger charge is -2.00. The molecule has 0 radical (unpaired) electrons. The van der Waals surface area contributed by atoms with E-state index < -0.39 is 6.10 Å². The van der Waals surface area contributed by atoms with Crippen molar-refractivity contribution in [2.45, 2.75) is 6.10 Å². The van der Waals surface area contributed by atoms with Crippen LogP contribution in [0.1, 0.15) is 11.9 Å². The van der Waals surface area contributed by atoms with E-state index in [0.29, 0.717) is 10.4 Å². The minimum atomic E-state index is -0.724. The highest BCUT2D eigenvalue weighted by atomic mass is 79.9. The predicted molar refractivity (Wildman–Crippen MR) is 48.1 cm³/mol. The molecular formula is C6H7Br2NO2. The SMILES string of the molecule is NCC(O)c1cc(Br)c(Br)o1. The summed E-state index contributed by atoms with van der Waals surface area (Å²) < 4.78 is 6.45. The molecule has 0 aliphatic carbocycles. The van der Waals surface area contributed by atoms with Crippen molar-refractivity contribution >= 4 is 31.9 Å². The summed E-state index contributed by atoms with van der Waals surface area (Å²) >= 11 is 6.37. The smallest absolute Gasteiger partial charge is 0.183 e. The van der Waals surface area contributed by atoms with Gasteiger partial charge in [0.15, 0.2) is 4.67 Å². The highest BCUT2D eigenvalue weighted by Crippen LogP contribution is 2.29. The molecule has 5 heteroatoms. The molecule has 0 bridgehead atoms. The number of aliphatic hydroxyl groups is 1. The number of hydrogen-bond acceptors (Lipinski definition) is 3. The molecule has 0 saturated heterocycles. The first kappa shape index (κ1) is 9.25. The van der Waals surface area contributed by atoms with E-state index in [9.17, 15) is 5.11 Å². The number of hydrogen-bond donors (Lipinski definition) is 2. The van der Waals surface area contributed by atoms with Gasteiger partial charge in [-0.3, -0.25) is 0 Å². The van der Waals surface area contributed by atoms with Crippen LogP contribution in [0.4, 0.5) is 0 Å². The number of furan rings is 1. The molecule has 1 aromatic heterocycles. The van der Waals surface area contributed by atoms with Gasteiger partial charge in [0, 0.05) is 6.54 Å². The second-order valence-electron chi connectivity index (χ2n) is 2.02. The average molecular weight is 285 g/mol. The molecule has 3 nitrogen and oxygen atoms in total. The van der Waals surface area contributed by atoms with Crippen molar-refractivity contribution in [1.29, 1.82) is 0 Å². The van der Waals surface area contributed by atoms with Crippen molar-refractivity contribution in [2.24, 2.45) is 5.73 Å². The molecule has 0 fully saturated rings. The van der Waals surface area contributed by atoms with Crippen molar-refractivity contribution in [2.75, 3.05) is 6.54 Å². The molecule has 11 heavy (non-hydrogen) atoms. The molecule has 62 valence electrons. The van der Waals surface area contributed by atoms with E-state index in [-0.39, 0.29) is 6.54 Å². The van der Waals surface area contributed by atoms with E-state index >= 15 is 0 Å². The average Bonchev–Trinajstić information content (AvgIpc) is 2.31. The second kappa shape index (κ2) is 3.71. The largest absolute Gasteiger partial charge is 0.450 e. The van der Waals surface area contributed by atoms with Crippen LogP contribution < -0.4 is 5.73 Å². The van der Waals surface area contributed by atoms with Gasteiger partial charge in [-0.15, -0.1) is 0 Å². The van der Waals surface area contributed by atoms with Crippen LogP contribution in [0.2, 0.25) is 0 Å². The zero-order valence-corrected chi connectivity index (χ0v) is 8.72. The number of halogens is 2. The maximum Gasteiger partial charge on any atom is 0.183 e. The van der Waals surface area contributed by atoms with E-state index in [2.05, 4.69) is 31.9 Å². The van der Waals surface area contributed by atoms with E-state index in [1.807, 2.05) is 0 Å². The van der Waals surface area contributed by atoms with Crippen molar-refractivity contribution < 1.29 is 9.52 Å². The fourth-order valence-corrected chi connectivity index (χ4v) is 1.25. The summed E-state index contributed by atoms with van der Waals surface area (Å²) in [4.78, 5) is 0. The fourth-order valence-electron chi connectivity index (χ4n) is 0.644. The molecule has 3 N–H and O–H groups in total. The Morgan fingerprint density at radius 1 is 1.64 bits per heavy atom. The Kier molecular flexibility index (Phi) is 3.12. The van der Waals surface area contributed by atoms with Crippen LogP contribution in [0.25, 0.3) is 0 Å². The predicted octanol–water partition coefficient (Wildman–Crippen LogP) is 1.80. The van der Waals surface area contributed by atoms with Gasteiger partial charge in [0.2, 0.25) is 0 Å². The zero-order chi connectivity index (χ0) is 8.43. The maximum atomic E-state index is 9.21. The van der Waals surface area contributed by atoms with E-state index in [4.69, 9.17) is 10.2 Å². The number of aliphatic hydroxyl groups excluding tert-OH is 1. The van der Waals surface area contributed by atoms with Gasteiger partial charge in [0.05, 0.1) is 4.47 Å². The lowest BCUT2D eigenvalue weighted by atomic mass is 10.3. The molecule has 1 aromatic rings. The van der Waals surface area contributed by atoms with Crippen LogP contribution in [0.15, 0.2) is 19.6 Å². The fraction of sp³-hybridized carbons (Fsp3) is 0.333. The van der Waals surface area contributed by atoms with Crippen LogP contribution in [-0.4, -0.2) is 11.7 Å². The Bertz CT molecular complexity index is 229. The van der Waals surface area contributed by atoms with Crippen molar-refractivity contribution in [3.63, 3.8) is 0 Å². The Morgan fingerprint density at radius 3 is 2.64 bits per heavy atom. The van der Waals surface area contributed by atoms with Crippen LogP contribution in [0.5, 0.6) is 0 Å². The summed E-state index contributed by atoms with van der Waals surface area (Å²) in [6.45, 7) is 0.159. The van der Waals surface area contributed by atoms with Gasteiger partial charge in [0.25, 0.3) is 0 Å². The van der Waals surface area contributed by atoms with Crippen molar-refractivity contribution in [3.8, 4) is 0 Å². The molecular weight excluding hydrogens is 278 g/mol. The molecule has 0 saturated carbocycles. The maximum absolute atomic E-state index is 9.21. The molecule has 1 unspecified atom stereocenters. The minimum Gasteiger partial charge on any atom is -0.450 e. The van der Waals surface area contributed by atoms with Gasteiger partial charge >= 0.3 is 0 Å². The Balaban J connectivity index is 2.88. The van der Waals surface area contributed by atoms with Gasteiger partial charge in [-0.25, -0.2) is 0 Å². The van der Waals surface area contributed by atoms with Crippen LogP contribution in [-0.2, 0) is 0 Å². The Labute approximate surface area is 80.8 Å². The summed E-state index contributed by atoms with van der Waals surface area (Å²) in [5, 5.41) is 9.21. The van der Waals surface area contributed by atoms with E-state index in [1.54, 1.807) is 6.07 Å². The molecule has 0 aliphatic heterocycles. The lowest BCUT2D eigenvalue weighted by molar-refractivity contribution is 0.156. The van der Waals surface area contributed by atoms with Gasteiger partial charge in [-0.2, -0.15) is 0 Å². The topological polar surface area (TPSA) is 59.4 Å². The summed E-state index contributed by atoms with van der Waals surface area (Å²) in [7, 11) is 0. The standard InChI is InChI=1S/C6H7Br2NO2/c7-3-1-5(4(10)2-9)11-6(3)8/h1,4,10H,2,9H2. The van der Waals surface area contributed by atoms with Crippen molar-refractivity contribution in [3.05, 3.63) is 21.0 Å². The van der Waals surface area contributed by atoms with E-state index in [1.165, 1.54) is 0 Å². The number of nitrogens with two attached hydrogens (primary N) is 1. The highest BCUT2D eigenvalue weighted by Gasteiger charge is 2.12. The Morgan fingerprint density at radius 2 is 2.27 bits per heavy atom. The molecule has 1 heterocycles. The third-order valence-corrected chi connectivity index (χ3v) is 2.93. The summed E-state index contributed by atoms with van der Waals surface area (Å²) in [6.07, 6.45) is -0.724. The monoisotopic (exact) mass is 283 g/mol. The molecule has 0 aliphatic rings. The highest BCUT2D eigenvalue weighted by molar-refractivity contribution is 9.13. The second-order valence-corrected chi connectivity index (χ2v) is 3.60. The number of rotatable bonds is 2. The van der Waals surface area contributed by atoms with Crippen LogP contribution in [0, 0.1) is 0 Å².